The molecule has 1 nitrogen and oxygen atoms in total. The number of halogens is 1. The predicted molar refractivity (Wildman–Crippen MR) is 86.3 cm³/mol. The first-order valence-corrected chi connectivity index (χ1v) is 7.99. The van der Waals surface area contributed by atoms with E-state index in [1.54, 1.807) is 0 Å². The fourth-order valence-corrected chi connectivity index (χ4v) is 2.55. The molecular formula is C17H28ClN. The SMILES string of the molecule is CCCNCCCCCCc1cc(C)c(Cl)cc1C. The van der Waals surface area contributed by atoms with Gasteiger partial charge in [0.15, 0.2) is 0 Å². The standard InChI is InChI=1S/C17H28ClN/c1-4-10-19-11-8-6-5-7-9-16-12-15(3)17(18)13-14(16)2/h12-13,19H,4-11H2,1-3H3. The summed E-state index contributed by atoms with van der Waals surface area (Å²) in [5.74, 6) is 0. The molecular weight excluding hydrogens is 254 g/mol. The topological polar surface area (TPSA) is 12.0 Å². The molecule has 2 heteroatoms. The number of benzene rings is 1. The van der Waals surface area contributed by atoms with Crippen molar-refractivity contribution in [2.24, 2.45) is 0 Å². The molecule has 0 fully saturated rings. The van der Waals surface area contributed by atoms with E-state index in [0.29, 0.717) is 0 Å². The highest BCUT2D eigenvalue weighted by atomic mass is 35.5. The monoisotopic (exact) mass is 281 g/mol. The highest BCUT2D eigenvalue weighted by Gasteiger charge is 2.02. The minimum absolute atomic E-state index is 0.892. The summed E-state index contributed by atoms with van der Waals surface area (Å²) in [6.45, 7) is 8.79. The lowest BCUT2D eigenvalue weighted by atomic mass is 9.99. The second kappa shape index (κ2) is 9.39. The van der Waals surface area contributed by atoms with Crippen molar-refractivity contribution in [1.82, 2.24) is 5.32 Å². The highest BCUT2D eigenvalue weighted by molar-refractivity contribution is 6.31. The van der Waals surface area contributed by atoms with Crippen molar-refractivity contribution >= 4 is 11.6 Å². The molecule has 1 aromatic carbocycles. The lowest BCUT2D eigenvalue weighted by Crippen LogP contribution is -2.15. The highest BCUT2D eigenvalue weighted by Crippen LogP contribution is 2.22. The van der Waals surface area contributed by atoms with E-state index in [9.17, 15) is 0 Å². The largest absolute Gasteiger partial charge is 0.317 e. The predicted octanol–water partition coefficient (Wildman–Crippen LogP) is 5.06. The van der Waals surface area contributed by atoms with Crippen LogP contribution in [0.1, 0.15) is 55.7 Å². The van der Waals surface area contributed by atoms with Crippen LogP contribution in [0.25, 0.3) is 0 Å². The van der Waals surface area contributed by atoms with Crippen LogP contribution in [0.3, 0.4) is 0 Å². The third kappa shape index (κ3) is 6.44. The van der Waals surface area contributed by atoms with Crippen LogP contribution in [0.2, 0.25) is 5.02 Å². The summed E-state index contributed by atoms with van der Waals surface area (Å²) in [6.07, 6.45) is 7.67. The molecule has 0 aliphatic rings. The molecule has 0 unspecified atom stereocenters. The smallest absolute Gasteiger partial charge is 0.0438 e. The van der Waals surface area contributed by atoms with Gasteiger partial charge in [0.05, 0.1) is 0 Å². The molecule has 19 heavy (non-hydrogen) atoms. The van der Waals surface area contributed by atoms with Gasteiger partial charge in [-0.3, -0.25) is 0 Å². The molecule has 0 atom stereocenters. The fraction of sp³-hybridized carbons (Fsp3) is 0.647. The van der Waals surface area contributed by atoms with E-state index in [2.05, 4.69) is 38.2 Å². The maximum Gasteiger partial charge on any atom is 0.0438 e. The van der Waals surface area contributed by atoms with Gasteiger partial charge in [-0.05, 0) is 75.4 Å². The van der Waals surface area contributed by atoms with Gasteiger partial charge in [-0.25, -0.2) is 0 Å². The Bertz CT molecular complexity index is 374. The average molecular weight is 282 g/mol. The molecule has 0 heterocycles. The van der Waals surface area contributed by atoms with E-state index in [0.717, 1.165) is 11.6 Å². The van der Waals surface area contributed by atoms with E-state index < -0.39 is 0 Å². The first kappa shape index (κ1) is 16.5. The lowest BCUT2D eigenvalue weighted by Gasteiger charge is -2.09. The van der Waals surface area contributed by atoms with Crippen LogP contribution in [0.4, 0.5) is 0 Å². The molecule has 1 rings (SSSR count). The van der Waals surface area contributed by atoms with Crippen LogP contribution in [0, 0.1) is 13.8 Å². The van der Waals surface area contributed by atoms with Gasteiger partial charge in [0.2, 0.25) is 0 Å². The van der Waals surface area contributed by atoms with E-state index >= 15 is 0 Å². The summed E-state index contributed by atoms with van der Waals surface area (Å²) in [7, 11) is 0. The summed E-state index contributed by atoms with van der Waals surface area (Å²) < 4.78 is 0. The van der Waals surface area contributed by atoms with Gasteiger partial charge < -0.3 is 5.32 Å². The second-order valence-corrected chi connectivity index (χ2v) is 5.85. The van der Waals surface area contributed by atoms with Crippen LogP contribution in [-0.2, 0) is 6.42 Å². The minimum atomic E-state index is 0.892. The Labute approximate surface area is 123 Å². The van der Waals surface area contributed by atoms with E-state index in [-0.39, 0.29) is 0 Å². The zero-order valence-corrected chi connectivity index (χ0v) is 13.4. The maximum atomic E-state index is 6.12. The Morgan fingerprint density at radius 1 is 0.947 bits per heavy atom. The molecule has 0 saturated carbocycles. The van der Waals surface area contributed by atoms with Crippen molar-refractivity contribution in [3.05, 3.63) is 33.8 Å². The average Bonchev–Trinajstić information content (AvgIpc) is 2.38. The quantitative estimate of drug-likeness (QED) is 0.624. The van der Waals surface area contributed by atoms with Crippen LogP contribution in [-0.4, -0.2) is 13.1 Å². The third-order valence-electron chi connectivity index (χ3n) is 3.59. The molecule has 108 valence electrons. The van der Waals surface area contributed by atoms with Crippen molar-refractivity contribution in [2.45, 2.75) is 59.3 Å². The van der Waals surface area contributed by atoms with E-state index in [4.69, 9.17) is 11.6 Å². The lowest BCUT2D eigenvalue weighted by molar-refractivity contribution is 0.584. The van der Waals surface area contributed by atoms with Crippen LogP contribution in [0.5, 0.6) is 0 Å². The Kier molecular flexibility index (Phi) is 8.16. The number of hydrogen-bond donors (Lipinski definition) is 1. The molecule has 0 aliphatic carbocycles. The number of nitrogens with one attached hydrogen (secondary N) is 1. The Hall–Kier alpha value is -0.530. The number of hydrogen-bond acceptors (Lipinski definition) is 1. The van der Waals surface area contributed by atoms with Gasteiger partial charge in [-0.15, -0.1) is 0 Å². The molecule has 0 saturated heterocycles. The molecule has 0 bridgehead atoms. The Morgan fingerprint density at radius 3 is 2.42 bits per heavy atom. The maximum absolute atomic E-state index is 6.12. The fourth-order valence-electron chi connectivity index (χ4n) is 2.33. The van der Waals surface area contributed by atoms with Crippen LogP contribution >= 0.6 is 11.6 Å². The molecule has 0 spiro atoms. The molecule has 0 amide bonds. The van der Waals surface area contributed by atoms with Gasteiger partial charge in [-0.1, -0.05) is 37.4 Å². The van der Waals surface area contributed by atoms with Gasteiger partial charge in [0.25, 0.3) is 0 Å². The molecule has 1 aromatic rings. The van der Waals surface area contributed by atoms with Crippen LogP contribution in [0.15, 0.2) is 12.1 Å². The summed E-state index contributed by atoms with van der Waals surface area (Å²) in [6, 6.07) is 4.35. The first-order chi connectivity index (χ1) is 9.15. The van der Waals surface area contributed by atoms with E-state index in [1.165, 1.54) is 61.8 Å². The third-order valence-corrected chi connectivity index (χ3v) is 4.00. The van der Waals surface area contributed by atoms with Crippen molar-refractivity contribution in [3.8, 4) is 0 Å². The zero-order chi connectivity index (χ0) is 14.1. The van der Waals surface area contributed by atoms with Crippen molar-refractivity contribution in [3.63, 3.8) is 0 Å². The summed E-state index contributed by atoms with van der Waals surface area (Å²) >= 11 is 6.12. The second-order valence-electron chi connectivity index (χ2n) is 5.44. The number of aryl methyl sites for hydroxylation is 3. The normalized spacial score (nSPS) is 10.9. The molecule has 0 radical (unpaired) electrons. The van der Waals surface area contributed by atoms with Gasteiger partial charge >= 0.3 is 0 Å². The van der Waals surface area contributed by atoms with Gasteiger partial charge in [0, 0.05) is 5.02 Å². The van der Waals surface area contributed by atoms with Crippen LogP contribution < -0.4 is 5.32 Å². The Morgan fingerprint density at radius 2 is 1.68 bits per heavy atom. The van der Waals surface area contributed by atoms with Crippen molar-refractivity contribution in [1.29, 1.82) is 0 Å². The summed E-state index contributed by atoms with van der Waals surface area (Å²) in [5, 5.41) is 4.34. The van der Waals surface area contributed by atoms with E-state index in [1.807, 2.05) is 0 Å². The minimum Gasteiger partial charge on any atom is -0.317 e. The summed E-state index contributed by atoms with van der Waals surface area (Å²) in [5.41, 5.74) is 4.00. The molecule has 1 N–H and O–H groups in total. The van der Waals surface area contributed by atoms with Gasteiger partial charge in [-0.2, -0.15) is 0 Å². The molecule has 0 aliphatic heterocycles. The molecule has 0 aromatic heterocycles. The van der Waals surface area contributed by atoms with Gasteiger partial charge in [0.1, 0.15) is 0 Å². The summed E-state index contributed by atoms with van der Waals surface area (Å²) in [4.78, 5) is 0. The number of rotatable bonds is 9. The number of unbranched alkanes of at least 4 members (excludes halogenated alkanes) is 3. The first-order valence-electron chi connectivity index (χ1n) is 7.61. The Balaban J connectivity index is 2.17. The van der Waals surface area contributed by atoms with Crippen molar-refractivity contribution < 1.29 is 0 Å². The van der Waals surface area contributed by atoms with Crippen molar-refractivity contribution in [2.75, 3.05) is 13.1 Å². The zero-order valence-electron chi connectivity index (χ0n) is 12.7.